The number of benzene rings is 1. The molecule has 1 heterocycles. The minimum absolute atomic E-state index is 0.0524. The Morgan fingerprint density at radius 1 is 1.15 bits per heavy atom. The molecule has 1 aliphatic rings. The minimum Gasteiger partial charge on any atom is -0.370 e. The van der Waals surface area contributed by atoms with Crippen LogP contribution in [0.25, 0.3) is 0 Å². The molecule has 3 rings (SSSR count). The fourth-order valence-electron chi connectivity index (χ4n) is 3.60. The summed E-state index contributed by atoms with van der Waals surface area (Å²) < 4.78 is 0. The SMILES string of the molecule is C[C@H](c1cccnc1)N(C)C(=O)Nc1ccccc1N(C)C1CCCC1. The van der Waals surface area contributed by atoms with Crippen LogP contribution in [0.5, 0.6) is 0 Å². The number of carbonyl (C=O) groups is 1. The van der Waals surface area contributed by atoms with Crippen LogP contribution in [0, 0.1) is 0 Å². The second-order valence-electron chi connectivity index (χ2n) is 7.07. The predicted molar refractivity (Wildman–Crippen MR) is 107 cm³/mol. The highest BCUT2D eigenvalue weighted by atomic mass is 16.2. The number of urea groups is 1. The van der Waals surface area contributed by atoms with Crippen molar-refractivity contribution in [2.24, 2.45) is 0 Å². The quantitative estimate of drug-likeness (QED) is 0.849. The third-order valence-electron chi connectivity index (χ3n) is 5.47. The van der Waals surface area contributed by atoms with E-state index >= 15 is 0 Å². The Morgan fingerprint density at radius 2 is 1.88 bits per heavy atom. The highest BCUT2D eigenvalue weighted by Crippen LogP contribution is 2.32. The molecule has 1 aliphatic carbocycles. The van der Waals surface area contributed by atoms with Gasteiger partial charge in [-0.2, -0.15) is 0 Å². The molecule has 0 aliphatic heterocycles. The van der Waals surface area contributed by atoms with E-state index in [1.165, 1.54) is 25.7 Å². The normalized spacial score (nSPS) is 15.5. The Morgan fingerprint density at radius 3 is 2.58 bits per heavy atom. The van der Waals surface area contributed by atoms with Crippen molar-refractivity contribution in [1.29, 1.82) is 0 Å². The molecule has 0 bridgehead atoms. The average molecular weight is 352 g/mol. The van der Waals surface area contributed by atoms with Gasteiger partial charge in [0.25, 0.3) is 0 Å². The highest BCUT2D eigenvalue weighted by molar-refractivity contribution is 5.93. The number of pyridine rings is 1. The van der Waals surface area contributed by atoms with Gasteiger partial charge < -0.3 is 15.1 Å². The van der Waals surface area contributed by atoms with Crippen LogP contribution >= 0.6 is 0 Å². The molecule has 5 heteroatoms. The van der Waals surface area contributed by atoms with Gasteiger partial charge in [-0.05, 0) is 43.5 Å². The Hall–Kier alpha value is -2.56. The zero-order valence-electron chi connectivity index (χ0n) is 15.9. The Bertz CT molecular complexity index is 728. The number of hydrogen-bond donors (Lipinski definition) is 1. The zero-order chi connectivity index (χ0) is 18.5. The Balaban J connectivity index is 1.73. The maximum atomic E-state index is 12.8. The highest BCUT2D eigenvalue weighted by Gasteiger charge is 2.23. The van der Waals surface area contributed by atoms with Gasteiger partial charge >= 0.3 is 6.03 Å². The monoisotopic (exact) mass is 352 g/mol. The molecule has 1 aromatic heterocycles. The van der Waals surface area contributed by atoms with Gasteiger partial charge in [-0.15, -0.1) is 0 Å². The van der Waals surface area contributed by atoms with E-state index in [0.717, 1.165) is 16.9 Å². The van der Waals surface area contributed by atoms with E-state index in [2.05, 4.69) is 28.3 Å². The maximum Gasteiger partial charge on any atom is 0.322 e. The third-order valence-corrected chi connectivity index (χ3v) is 5.47. The zero-order valence-corrected chi connectivity index (χ0v) is 15.9. The molecule has 0 radical (unpaired) electrons. The number of amides is 2. The molecule has 138 valence electrons. The van der Waals surface area contributed by atoms with Crippen LogP contribution in [0.15, 0.2) is 48.8 Å². The molecule has 1 saturated carbocycles. The summed E-state index contributed by atoms with van der Waals surface area (Å²) in [5.41, 5.74) is 2.95. The summed E-state index contributed by atoms with van der Waals surface area (Å²) in [6.45, 7) is 2.01. The maximum absolute atomic E-state index is 12.8. The third kappa shape index (κ3) is 3.98. The van der Waals surface area contributed by atoms with E-state index < -0.39 is 0 Å². The Labute approximate surface area is 156 Å². The van der Waals surface area contributed by atoms with Crippen molar-refractivity contribution in [1.82, 2.24) is 9.88 Å². The topological polar surface area (TPSA) is 48.5 Å². The van der Waals surface area contributed by atoms with Gasteiger partial charge in [-0.1, -0.05) is 31.0 Å². The van der Waals surface area contributed by atoms with Crippen molar-refractivity contribution in [3.63, 3.8) is 0 Å². The molecule has 0 saturated heterocycles. The fraction of sp³-hybridized carbons (Fsp3) is 0.429. The first-order valence-electron chi connectivity index (χ1n) is 9.33. The van der Waals surface area contributed by atoms with Crippen LogP contribution in [0.4, 0.5) is 16.2 Å². The summed E-state index contributed by atoms with van der Waals surface area (Å²) in [4.78, 5) is 21.0. The summed E-state index contributed by atoms with van der Waals surface area (Å²) in [5, 5.41) is 3.09. The van der Waals surface area contributed by atoms with Crippen LogP contribution in [0.3, 0.4) is 0 Å². The lowest BCUT2D eigenvalue weighted by molar-refractivity contribution is 0.208. The predicted octanol–water partition coefficient (Wildman–Crippen LogP) is 4.69. The van der Waals surface area contributed by atoms with Gasteiger partial charge in [-0.3, -0.25) is 4.98 Å². The van der Waals surface area contributed by atoms with Crippen LogP contribution < -0.4 is 10.2 Å². The largest absolute Gasteiger partial charge is 0.370 e. The lowest BCUT2D eigenvalue weighted by atomic mass is 10.1. The van der Waals surface area contributed by atoms with Crippen LogP contribution in [-0.4, -0.2) is 36.1 Å². The molecule has 1 N–H and O–H groups in total. The second kappa shape index (κ2) is 8.21. The standard InChI is InChI=1S/C21H28N4O/c1-16(17-9-8-14-22-15-17)24(2)21(26)23-19-12-6-7-13-20(19)25(3)18-10-4-5-11-18/h6-9,12-16,18H,4-5,10-11H2,1-3H3,(H,23,26)/t16-/m1/s1. The molecule has 2 aromatic rings. The lowest BCUT2D eigenvalue weighted by Crippen LogP contribution is -2.35. The first-order valence-corrected chi connectivity index (χ1v) is 9.33. The van der Waals surface area contributed by atoms with Crippen molar-refractivity contribution in [2.75, 3.05) is 24.3 Å². The van der Waals surface area contributed by atoms with E-state index in [0.29, 0.717) is 6.04 Å². The van der Waals surface area contributed by atoms with E-state index in [1.807, 2.05) is 44.3 Å². The smallest absolute Gasteiger partial charge is 0.322 e. The molecule has 5 nitrogen and oxygen atoms in total. The molecule has 2 amide bonds. The van der Waals surface area contributed by atoms with E-state index in [9.17, 15) is 4.79 Å². The summed E-state index contributed by atoms with van der Waals surface area (Å²) in [6, 6.07) is 12.3. The Kier molecular flexibility index (Phi) is 5.76. The fourth-order valence-corrected chi connectivity index (χ4v) is 3.60. The number of rotatable bonds is 5. The van der Waals surface area contributed by atoms with Gasteiger partial charge in [0.1, 0.15) is 0 Å². The number of carbonyl (C=O) groups excluding carboxylic acids is 1. The molecule has 0 spiro atoms. The van der Waals surface area contributed by atoms with E-state index in [4.69, 9.17) is 0 Å². The molecule has 26 heavy (non-hydrogen) atoms. The molecular formula is C21H28N4O. The number of aromatic nitrogens is 1. The second-order valence-corrected chi connectivity index (χ2v) is 7.07. The van der Waals surface area contributed by atoms with Crippen molar-refractivity contribution >= 4 is 17.4 Å². The number of para-hydroxylation sites is 2. The van der Waals surface area contributed by atoms with Crippen molar-refractivity contribution in [2.45, 2.75) is 44.7 Å². The van der Waals surface area contributed by atoms with Crippen molar-refractivity contribution in [3.8, 4) is 0 Å². The number of anilines is 2. The molecule has 1 atom stereocenters. The van der Waals surface area contributed by atoms with Crippen LogP contribution in [-0.2, 0) is 0 Å². The summed E-state index contributed by atoms with van der Waals surface area (Å²) in [7, 11) is 3.94. The summed E-state index contributed by atoms with van der Waals surface area (Å²) in [5.74, 6) is 0. The van der Waals surface area contributed by atoms with Gasteiger partial charge in [-0.25, -0.2) is 4.79 Å². The van der Waals surface area contributed by atoms with Crippen LogP contribution in [0.2, 0.25) is 0 Å². The van der Waals surface area contributed by atoms with Crippen LogP contribution in [0.1, 0.15) is 44.2 Å². The molecular weight excluding hydrogens is 324 g/mol. The molecule has 1 fully saturated rings. The number of hydrogen-bond acceptors (Lipinski definition) is 3. The van der Waals surface area contributed by atoms with Crippen molar-refractivity contribution in [3.05, 3.63) is 54.4 Å². The molecule has 0 unspecified atom stereocenters. The number of nitrogens with zero attached hydrogens (tertiary/aromatic N) is 3. The van der Waals surface area contributed by atoms with Gasteiger partial charge in [0.2, 0.25) is 0 Å². The molecule has 1 aromatic carbocycles. The first kappa shape index (κ1) is 18.2. The van der Waals surface area contributed by atoms with E-state index in [-0.39, 0.29) is 12.1 Å². The number of nitrogens with one attached hydrogen (secondary N) is 1. The summed E-state index contributed by atoms with van der Waals surface area (Å²) in [6.07, 6.45) is 8.55. The average Bonchev–Trinajstić information content (AvgIpc) is 3.22. The lowest BCUT2D eigenvalue weighted by Gasteiger charge is -2.30. The van der Waals surface area contributed by atoms with Crippen molar-refractivity contribution < 1.29 is 4.79 Å². The minimum atomic E-state index is -0.117. The first-order chi connectivity index (χ1) is 12.6. The van der Waals surface area contributed by atoms with Gasteiger partial charge in [0.05, 0.1) is 17.4 Å². The summed E-state index contributed by atoms with van der Waals surface area (Å²) >= 11 is 0. The van der Waals surface area contributed by atoms with E-state index in [1.54, 1.807) is 17.3 Å². The van der Waals surface area contributed by atoms with Gasteiger partial charge in [0, 0.05) is 32.5 Å². The van der Waals surface area contributed by atoms with Gasteiger partial charge in [0.15, 0.2) is 0 Å².